The van der Waals surface area contributed by atoms with Crippen molar-refractivity contribution in [1.29, 1.82) is 0 Å². The van der Waals surface area contributed by atoms with Crippen molar-refractivity contribution in [3.63, 3.8) is 0 Å². The molecule has 0 aliphatic heterocycles. The van der Waals surface area contributed by atoms with Gasteiger partial charge in [-0.3, -0.25) is 0 Å². The van der Waals surface area contributed by atoms with E-state index in [0.717, 1.165) is 5.56 Å². The summed E-state index contributed by atoms with van der Waals surface area (Å²) in [7, 11) is -3.55. The SMILES string of the molecule is CCc1ncc(S(=O)(=O)NC(C)Cc2ccccc2C)[nH]1. The number of hydrogen-bond donors (Lipinski definition) is 2. The summed E-state index contributed by atoms with van der Waals surface area (Å²) in [4.78, 5) is 6.85. The van der Waals surface area contributed by atoms with Crippen LogP contribution in [0.5, 0.6) is 0 Å². The minimum Gasteiger partial charge on any atom is -0.332 e. The number of aromatic nitrogens is 2. The first-order valence-electron chi connectivity index (χ1n) is 7.03. The van der Waals surface area contributed by atoms with E-state index in [4.69, 9.17) is 0 Å². The molecule has 6 heteroatoms. The summed E-state index contributed by atoms with van der Waals surface area (Å²) in [5, 5.41) is 0.121. The Bertz CT molecular complexity index is 707. The molecule has 0 aliphatic rings. The monoisotopic (exact) mass is 307 g/mol. The predicted octanol–water partition coefficient (Wildman–Crippen LogP) is 2.19. The smallest absolute Gasteiger partial charge is 0.257 e. The zero-order valence-electron chi connectivity index (χ0n) is 12.6. The number of nitrogens with zero attached hydrogens (tertiary/aromatic N) is 1. The molecular formula is C15H21N3O2S. The Hall–Kier alpha value is -1.66. The molecule has 2 aromatic rings. The molecule has 0 aliphatic carbocycles. The second-order valence-corrected chi connectivity index (χ2v) is 6.88. The van der Waals surface area contributed by atoms with Crippen LogP contribution in [0.2, 0.25) is 0 Å². The van der Waals surface area contributed by atoms with Crippen LogP contribution in [0.3, 0.4) is 0 Å². The van der Waals surface area contributed by atoms with Gasteiger partial charge >= 0.3 is 0 Å². The van der Waals surface area contributed by atoms with Crippen LogP contribution in [0.4, 0.5) is 0 Å². The van der Waals surface area contributed by atoms with E-state index in [9.17, 15) is 8.42 Å². The van der Waals surface area contributed by atoms with Crippen LogP contribution in [0.15, 0.2) is 35.5 Å². The van der Waals surface area contributed by atoms with E-state index in [2.05, 4.69) is 14.7 Å². The fourth-order valence-corrected chi connectivity index (χ4v) is 3.38. The number of aryl methyl sites for hydroxylation is 2. The second kappa shape index (κ2) is 6.41. The molecule has 21 heavy (non-hydrogen) atoms. The van der Waals surface area contributed by atoms with Crippen molar-refractivity contribution in [2.75, 3.05) is 0 Å². The van der Waals surface area contributed by atoms with E-state index in [1.165, 1.54) is 11.8 Å². The second-order valence-electron chi connectivity index (χ2n) is 5.20. The Kier molecular flexibility index (Phi) is 4.80. The van der Waals surface area contributed by atoms with E-state index in [1.807, 2.05) is 45.0 Å². The number of benzene rings is 1. The minimum absolute atomic E-state index is 0.121. The number of imidazole rings is 1. The lowest BCUT2D eigenvalue weighted by Crippen LogP contribution is -2.34. The molecule has 0 amide bonds. The summed E-state index contributed by atoms with van der Waals surface area (Å²) >= 11 is 0. The molecule has 1 unspecified atom stereocenters. The van der Waals surface area contributed by atoms with Crippen molar-refractivity contribution in [3.8, 4) is 0 Å². The van der Waals surface area contributed by atoms with E-state index < -0.39 is 10.0 Å². The first kappa shape index (κ1) is 15.7. The zero-order chi connectivity index (χ0) is 15.5. The summed E-state index contributed by atoms with van der Waals surface area (Å²) in [6, 6.07) is 7.80. The first-order chi connectivity index (χ1) is 9.92. The summed E-state index contributed by atoms with van der Waals surface area (Å²) in [6.45, 7) is 5.81. The fraction of sp³-hybridized carbons (Fsp3) is 0.400. The molecule has 114 valence electrons. The van der Waals surface area contributed by atoms with Gasteiger partial charge in [-0.25, -0.2) is 18.1 Å². The summed E-state index contributed by atoms with van der Waals surface area (Å²) in [5.74, 6) is 0.668. The summed E-state index contributed by atoms with van der Waals surface area (Å²) in [5.41, 5.74) is 2.31. The van der Waals surface area contributed by atoms with Crippen LogP contribution >= 0.6 is 0 Å². The van der Waals surface area contributed by atoms with Gasteiger partial charge < -0.3 is 4.98 Å². The quantitative estimate of drug-likeness (QED) is 0.859. The first-order valence-corrected chi connectivity index (χ1v) is 8.51. The average Bonchev–Trinajstić information content (AvgIpc) is 2.90. The molecule has 0 bridgehead atoms. The standard InChI is InChI=1S/C15H21N3O2S/c1-4-14-16-10-15(17-14)21(19,20)18-12(3)9-13-8-6-5-7-11(13)2/h5-8,10,12,18H,4,9H2,1-3H3,(H,16,17). The largest absolute Gasteiger partial charge is 0.332 e. The van der Waals surface area contributed by atoms with E-state index >= 15 is 0 Å². The molecule has 2 N–H and O–H groups in total. The number of rotatable bonds is 6. The van der Waals surface area contributed by atoms with Gasteiger partial charge in [0.15, 0.2) is 5.03 Å². The lowest BCUT2D eigenvalue weighted by atomic mass is 10.0. The van der Waals surface area contributed by atoms with Gasteiger partial charge in [-0.1, -0.05) is 31.2 Å². The Morgan fingerprint density at radius 2 is 2.05 bits per heavy atom. The van der Waals surface area contributed by atoms with Crippen molar-refractivity contribution >= 4 is 10.0 Å². The van der Waals surface area contributed by atoms with Gasteiger partial charge in [-0.2, -0.15) is 0 Å². The minimum atomic E-state index is -3.55. The normalized spacial score (nSPS) is 13.3. The highest BCUT2D eigenvalue weighted by Gasteiger charge is 2.20. The molecular weight excluding hydrogens is 286 g/mol. The zero-order valence-corrected chi connectivity index (χ0v) is 13.4. The topological polar surface area (TPSA) is 74.8 Å². The van der Waals surface area contributed by atoms with Crippen LogP contribution < -0.4 is 4.72 Å². The highest BCUT2D eigenvalue weighted by atomic mass is 32.2. The Labute approximate surface area is 125 Å². The maximum Gasteiger partial charge on any atom is 0.257 e. The molecule has 1 atom stereocenters. The highest BCUT2D eigenvalue weighted by Crippen LogP contribution is 2.12. The Morgan fingerprint density at radius 1 is 1.33 bits per heavy atom. The third kappa shape index (κ3) is 3.92. The maximum absolute atomic E-state index is 12.3. The third-order valence-electron chi connectivity index (χ3n) is 3.37. The number of nitrogens with one attached hydrogen (secondary N) is 2. The van der Waals surface area contributed by atoms with Crippen molar-refractivity contribution in [2.45, 2.75) is 44.7 Å². The van der Waals surface area contributed by atoms with E-state index in [0.29, 0.717) is 18.7 Å². The van der Waals surface area contributed by atoms with Crippen molar-refractivity contribution in [2.24, 2.45) is 0 Å². The molecule has 0 radical (unpaired) electrons. The van der Waals surface area contributed by atoms with E-state index in [1.54, 1.807) is 0 Å². The van der Waals surface area contributed by atoms with Gasteiger partial charge in [-0.05, 0) is 31.4 Å². The Balaban J connectivity index is 2.08. The number of sulfonamides is 1. The van der Waals surface area contributed by atoms with Gasteiger partial charge in [0.2, 0.25) is 0 Å². The molecule has 0 fully saturated rings. The molecule has 1 aromatic carbocycles. The Morgan fingerprint density at radius 3 is 2.67 bits per heavy atom. The molecule has 2 rings (SSSR count). The molecule has 1 heterocycles. The summed E-state index contributed by atoms with van der Waals surface area (Å²) in [6.07, 6.45) is 2.69. The number of hydrogen-bond acceptors (Lipinski definition) is 3. The summed E-state index contributed by atoms with van der Waals surface area (Å²) < 4.78 is 27.2. The van der Waals surface area contributed by atoms with Gasteiger partial charge in [-0.15, -0.1) is 0 Å². The maximum atomic E-state index is 12.3. The predicted molar refractivity (Wildman–Crippen MR) is 82.6 cm³/mol. The van der Waals surface area contributed by atoms with Crippen LogP contribution in [-0.2, 0) is 22.9 Å². The van der Waals surface area contributed by atoms with Gasteiger partial charge in [0.25, 0.3) is 10.0 Å². The molecule has 0 saturated heterocycles. The van der Waals surface area contributed by atoms with Crippen LogP contribution in [0.1, 0.15) is 30.8 Å². The molecule has 5 nitrogen and oxygen atoms in total. The van der Waals surface area contributed by atoms with Crippen LogP contribution in [0, 0.1) is 6.92 Å². The number of H-pyrrole nitrogens is 1. The molecule has 1 aromatic heterocycles. The van der Waals surface area contributed by atoms with Crippen molar-refractivity contribution in [3.05, 3.63) is 47.4 Å². The fourth-order valence-electron chi connectivity index (χ4n) is 2.20. The lowest BCUT2D eigenvalue weighted by molar-refractivity contribution is 0.556. The third-order valence-corrected chi connectivity index (χ3v) is 4.87. The van der Waals surface area contributed by atoms with Crippen LogP contribution in [0.25, 0.3) is 0 Å². The lowest BCUT2D eigenvalue weighted by Gasteiger charge is -2.14. The highest BCUT2D eigenvalue weighted by molar-refractivity contribution is 7.89. The molecule has 0 saturated carbocycles. The van der Waals surface area contributed by atoms with Crippen molar-refractivity contribution < 1.29 is 8.42 Å². The van der Waals surface area contributed by atoms with Crippen LogP contribution in [-0.4, -0.2) is 24.4 Å². The molecule has 0 spiro atoms. The number of aromatic amines is 1. The van der Waals surface area contributed by atoms with Crippen molar-refractivity contribution in [1.82, 2.24) is 14.7 Å². The van der Waals surface area contributed by atoms with Gasteiger partial charge in [0, 0.05) is 12.5 Å². The average molecular weight is 307 g/mol. The van der Waals surface area contributed by atoms with E-state index in [-0.39, 0.29) is 11.1 Å². The van der Waals surface area contributed by atoms with Gasteiger partial charge in [0.1, 0.15) is 5.82 Å². The van der Waals surface area contributed by atoms with Gasteiger partial charge in [0.05, 0.1) is 6.20 Å².